The molecule has 2 aliphatic carbocycles. The lowest BCUT2D eigenvalue weighted by Gasteiger charge is -2.59. The Hall–Kier alpha value is -1.46. The summed E-state index contributed by atoms with van der Waals surface area (Å²) in [5, 5.41) is 4.60. The van der Waals surface area contributed by atoms with Crippen molar-refractivity contribution >= 4 is 5.65 Å². The van der Waals surface area contributed by atoms with Crippen LogP contribution in [0.5, 0.6) is 0 Å². The van der Waals surface area contributed by atoms with Gasteiger partial charge in [-0.2, -0.15) is 5.10 Å². The van der Waals surface area contributed by atoms with Crippen molar-refractivity contribution in [3.63, 3.8) is 0 Å². The Morgan fingerprint density at radius 2 is 1.96 bits per heavy atom. The van der Waals surface area contributed by atoms with E-state index < -0.39 is 5.79 Å². The van der Waals surface area contributed by atoms with Crippen molar-refractivity contribution in [3.8, 4) is 0 Å². The van der Waals surface area contributed by atoms with Crippen molar-refractivity contribution in [1.29, 1.82) is 0 Å². The van der Waals surface area contributed by atoms with Crippen LogP contribution in [0.15, 0.2) is 18.5 Å². The Morgan fingerprint density at radius 1 is 1.17 bits per heavy atom. The summed E-state index contributed by atoms with van der Waals surface area (Å²) in [6.45, 7) is 8.54. The van der Waals surface area contributed by atoms with Crippen LogP contribution in [-0.4, -0.2) is 33.6 Å². The third kappa shape index (κ3) is 1.62. The Kier molecular flexibility index (Phi) is 2.83. The molecule has 128 valence electrons. The molecular formula is C19H25N3O2. The molecule has 0 radical (unpaired) electrons. The van der Waals surface area contributed by atoms with E-state index in [1.54, 1.807) is 0 Å². The Morgan fingerprint density at radius 3 is 2.75 bits per heavy atom. The van der Waals surface area contributed by atoms with Gasteiger partial charge >= 0.3 is 0 Å². The zero-order valence-corrected chi connectivity index (χ0v) is 14.7. The van der Waals surface area contributed by atoms with Gasteiger partial charge in [-0.05, 0) is 30.7 Å². The first kappa shape index (κ1) is 14.8. The molecule has 0 amide bonds. The highest BCUT2D eigenvalue weighted by Gasteiger charge is 2.63. The predicted octanol–water partition coefficient (Wildman–Crippen LogP) is 3.11. The minimum Gasteiger partial charge on any atom is -0.347 e. The summed E-state index contributed by atoms with van der Waals surface area (Å²) >= 11 is 0. The average molecular weight is 327 g/mol. The SMILES string of the molecule is CC1(C)[C@@H]2CCc3cnc4ccnn4c3[C@@]2(C)CCC12OCCO2. The maximum atomic E-state index is 6.19. The summed E-state index contributed by atoms with van der Waals surface area (Å²) in [4.78, 5) is 4.58. The first-order valence-electron chi connectivity index (χ1n) is 9.08. The molecule has 1 saturated heterocycles. The normalized spacial score (nSPS) is 33.5. The van der Waals surface area contributed by atoms with Gasteiger partial charge < -0.3 is 9.47 Å². The van der Waals surface area contributed by atoms with Crippen molar-refractivity contribution in [1.82, 2.24) is 14.6 Å². The lowest BCUT2D eigenvalue weighted by molar-refractivity contribution is -0.276. The van der Waals surface area contributed by atoms with Gasteiger partial charge in [-0.1, -0.05) is 20.8 Å². The summed E-state index contributed by atoms with van der Waals surface area (Å²) in [5.74, 6) is 0.0874. The van der Waals surface area contributed by atoms with Gasteiger partial charge in [0, 0.05) is 29.5 Å². The molecule has 0 N–H and O–H groups in total. The minimum absolute atomic E-state index is 0.0308. The third-order valence-corrected chi connectivity index (χ3v) is 7.08. The van der Waals surface area contributed by atoms with E-state index >= 15 is 0 Å². The lowest BCUT2D eigenvalue weighted by Crippen LogP contribution is -2.61. The standard InChI is InChI=1S/C19H25N3O2/c1-17(2)14-5-4-13-12-20-15-6-9-21-22(15)16(13)18(14,3)7-8-19(17)23-10-11-24-19/h6,9,12,14H,4-5,7-8,10-11H2,1-3H3/t14-,18-/m0/s1. The molecule has 5 heteroatoms. The Balaban J connectivity index is 1.70. The lowest BCUT2D eigenvalue weighted by atomic mass is 9.49. The Bertz CT molecular complexity index is 806. The van der Waals surface area contributed by atoms with Gasteiger partial charge in [-0.25, -0.2) is 9.50 Å². The maximum Gasteiger partial charge on any atom is 0.173 e. The fourth-order valence-corrected chi connectivity index (χ4v) is 5.92. The third-order valence-electron chi connectivity index (χ3n) is 7.08. The second-order valence-electron chi connectivity index (χ2n) is 8.41. The van der Waals surface area contributed by atoms with Crippen LogP contribution in [0.25, 0.3) is 5.65 Å². The van der Waals surface area contributed by atoms with Crippen molar-refractivity contribution in [2.75, 3.05) is 13.2 Å². The van der Waals surface area contributed by atoms with E-state index in [9.17, 15) is 0 Å². The van der Waals surface area contributed by atoms with Crippen LogP contribution >= 0.6 is 0 Å². The number of hydrogen-bond acceptors (Lipinski definition) is 4. The van der Waals surface area contributed by atoms with Crippen LogP contribution in [0.4, 0.5) is 0 Å². The summed E-state index contributed by atoms with van der Waals surface area (Å²) in [7, 11) is 0. The number of ether oxygens (including phenoxy) is 2. The second kappa shape index (κ2) is 4.58. The molecule has 0 bridgehead atoms. The first-order chi connectivity index (χ1) is 11.5. The van der Waals surface area contributed by atoms with E-state index in [0.717, 1.165) is 44.5 Å². The second-order valence-corrected chi connectivity index (χ2v) is 8.41. The van der Waals surface area contributed by atoms with E-state index in [1.165, 1.54) is 11.3 Å². The van der Waals surface area contributed by atoms with E-state index in [2.05, 4.69) is 41.6 Å². The van der Waals surface area contributed by atoms with Crippen LogP contribution in [0, 0.1) is 11.3 Å². The van der Waals surface area contributed by atoms with Crippen molar-refractivity contribution in [2.24, 2.45) is 11.3 Å². The fraction of sp³-hybridized carbons (Fsp3) is 0.684. The number of hydrogen-bond donors (Lipinski definition) is 0. The summed E-state index contributed by atoms with van der Waals surface area (Å²) in [6.07, 6.45) is 8.13. The van der Waals surface area contributed by atoms with Crippen molar-refractivity contribution in [3.05, 3.63) is 29.7 Å². The van der Waals surface area contributed by atoms with Gasteiger partial charge in [-0.3, -0.25) is 0 Å². The smallest absolute Gasteiger partial charge is 0.173 e. The monoisotopic (exact) mass is 327 g/mol. The van der Waals surface area contributed by atoms with E-state index in [0.29, 0.717) is 5.92 Å². The van der Waals surface area contributed by atoms with Crippen LogP contribution in [0.2, 0.25) is 0 Å². The highest BCUT2D eigenvalue weighted by Crippen LogP contribution is 2.62. The molecule has 24 heavy (non-hydrogen) atoms. The zero-order chi connectivity index (χ0) is 16.6. The molecule has 2 aromatic rings. The molecule has 2 fully saturated rings. The van der Waals surface area contributed by atoms with E-state index in [4.69, 9.17) is 9.47 Å². The molecule has 5 rings (SSSR count). The highest BCUT2D eigenvalue weighted by molar-refractivity contribution is 5.44. The van der Waals surface area contributed by atoms with Crippen molar-refractivity contribution in [2.45, 2.75) is 57.7 Å². The number of aryl methyl sites for hydroxylation is 1. The van der Waals surface area contributed by atoms with E-state index in [1.807, 2.05) is 12.3 Å². The molecule has 2 atom stereocenters. The zero-order valence-electron chi connectivity index (χ0n) is 14.7. The average Bonchev–Trinajstić information content (AvgIpc) is 3.21. The fourth-order valence-electron chi connectivity index (χ4n) is 5.92. The molecule has 1 spiro atoms. The number of nitrogens with zero attached hydrogens (tertiary/aromatic N) is 3. The molecule has 3 heterocycles. The number of aromatic nitrogens is 3. The molecule has 1 saturated carbocycles. The minimum atomic E-state index is -0.412. The van der Waals surface area contributed by atoms with Crippen molar-refractivity contribution < 1.29 is 9.47 Å². The molecule has 5 nitrogen and oxygen atoms in total. The maximum absolute atomic E-state index is 6.19. The molecule has 0 unspecified atom stereocenters. The number of rotatable bonds is 0. The molecule has 3 aliphatic rings. The molecule has 2 aromatic heterocycles. The summed E-state index contributed by atoms with van der Waals surface area (Å²) in [5.41, 5.74) is 3.70. The number of fused-ring (bicyclic) bond motifs is 5. The quantitative estimate of drug-likeness (QED) is 0.746. The van der Waals surface area contributed by atoms with Gasteiger partial charge in [0.05, 0.1) is 25.1 Å². The highest BCUT2D eigenvalue weighted by atomic mass is 16.7. The van der Waals surface area contributed by atoms with E-state index in [-0.39, 0.29) is 10.8 Å². The predicted molar refractivity (Wildman–Crippen MR) is 89.8 cm³/mol. The van der Waals surface area contributed by atoms with Crippen LogP contribution in [0.1, 0.15) is 51.3 Å². The molecular weight excluding hydrogens is 302 g/mol. The Labute approximate surface area is 142 Å². The molecule has 0 aromatic carbocycles. The van der Waals surface area contributed by atoms with Gasteiger partial charge in [0.15, 0.2) is 11.4 Å². The first-order valence-corrected chi connectivity index (χ1v) is 9.08. The topological polar surface area (TPSA) is 48.7 Å². The van der Waals surface area contributed by atoms with Crippen LogP contribution in [-0.2, 0) is 21.3 Å². The molecule has 1 aliphatic heterocycles. The summed E-state index contributed by atoms with van der Waals surface area (Å²) in [6, 6.07) is 1.99. The van der Waals surface area contributed by atoms with Crippen LogP contribution in [0.3, 0.4) is 0 Å². The van der Waals surface area contributed by atoms with Gasteiger partial charge in [0.25, 0.3) is 0 Å². The van der Waals surface area contributed by atoms with Crippen LogP contribution < -0.4 is 0 Å². The largest absolute Gasteiger partial charge is 0.347 e. The van der Waals surface area contributed by atoms with Gasteiger partial charge in [0.2, 0.25) is 0 Å². The van der Waals surface area contributed by atoms with Gasteiger partial charge in [-0.15, -0.1) is 0 Å². The summed E-state index contributed by atoms with van der Waals surface area (Å²) < 4.78 is 14.5. The van der Waals surface area contributed by atoms with Gasteiger partial charge in [0.1, 0.15) is 0 Å².